The lowest BCUT2D eigenvalue weighted by molar-refractivity contribution is -0.113. The third-order valence-corrected chi connectivity index (χ3v) is 6.47. The van der Waals surface area contributed by atoms with Gasteiger partial charge in [0.25, 0.3) is 5.56 Å². The minimum Gasteiger partial charge on any atom is -0.324 e. The van der Waals surface area contributed by atoms with Gasteiger partial charge in [0.15, 0.2) is 5.69 Å². The van der Waals surface area contributed by atoms with Crippen LogP contribution in [-0.2, 0) is 11.8 Å². The molecule has 4 aromatic rings. The number of hydrogen-bond acceptors (Lipinski definition) is 6. The summed E-state index contributed by atoms with van der Waals surface area (Å²) in [6.07, 6.45) is 0. The number of aromatic nitrogens is 6. The number of hydrogen-bond donors (Lipinski definition) is 1. The lowest BCUT2D eigenvalue weighted by Crippen LogP contribution is -2.22. The fourth-order valence-electron chi connectivity index (χ4n) is 3.12. The van der Waals surface area contributed by atoms with Crippen molar-refractivity contribution < 1.29 is 4.79 Å². The Bertz CT molecular complexity index is 1350. The fourth-order valence-corrected chi connectivity index (χ4v) is 4.15. The second-order valence-electron chi connectivity index (χ2n) is 6.72. The molecule has 0 bridgehead atoms. The maximum Gasteiger partial charge on any atom is 0.297 e. The standard InChI is InChI=1S/C20H17Cl2N7O2S/c1-12-18(19(31)29(27(12)2)13-7-4-3-5-8-13)28-20(24-25-26-28)32-11-16(30)23-15-10-6-9-14(21)17(15)22/h3-10H,11H2,1-2H3,(H,23,30). The Hall–Kier alpha value is -3.08. The summed E-state index contributed by atoms with van der Waals surface area (Å²) < 4.78 is 4.62. The van der Waals surface area contributed by atoms with Crippen LogP contribution in [0, 0.1) is 6.92 Å². The maximum atomic E-state index is 13.2. The van der Waals surface area contributed by atoms with E-state index in [0.717, 1.165) is 17.4 Å². The van der Waals surface area contributed by atoms with Crippen LogP contribution >= 0.6 is 35.0 Å². The Labute approximate surface area is 196 Å². The van der Waals surface area contributed by atoms with E-state index in [9.17, 15) is 9.59 Å². The first-order valence-electron chi connectivity index (χ1n) is 9.38. The number of carbonyl (C=O) groups excluding carboxylic acids is 1. The van der Waals surface area contributed by atoms with E-state index in [1.807, 2.05) is 30.3 Å². The van der Waals surface area contributed by atoms with Crippen LogP contribution in [0.5, 0.6) is 0 Å². The van der Waals surface area contributed by atoms with Gasteiger partial charge in [-0.15, -0.1) is 5.10 Å². The summed E-state index contributed by atoms with van der Waals surface area (Å²) in [6.45, 7) is 1.81. The van der Waals surface area contributed by atoms with E-state index in [0.29, 0.717) is 27.2 Å². The van der Waals surface area contributed by atoms with Crippen LogP contribution in [0.2, 0.25) is 10.0 Å². The molecule has 9 nitrogen and oxygen atoms in total. The average molecular weight is 490 g/mol. The molecule has 0 aliphatic rings. The predicted molar refractivity (Wildman–Crippen MR) is 124 cm³/mol. The molecule has 0 atom stereocenters. The molecule has 0 aliphatic carbocycles. The number of para-hydroxylation sites is 1. The third-order valence-electron chi connectivity index (χ3n) is 4.73. The number of thioether (sulfide) groups is 1. The summed E-state index contributed by atoms with van der Waals surface area (Å²) in [7, 11) is 1.78. The smallest absolute Gasteiger partial charge is 0.297 e. The summed E-state index contributed by atoms with van der Waals surface area (Å²) in [5.41, 5.74) is 1.83. The molecule has 0 saturated carbocycles. The van der Waals surface area contributed by atoms with Crippen LogP contribution in [0.4, 0.5) is 5.69 Å². The van der Waals surface area contributed by atoms with Crippen molar-refractivity contribution in [3.8, 4) is 11.4 Å². The number of amides is 1. The van der Waals surface area contributed by atoms with Gasteiger partial charge in [-0.25, -0.2) is 4.68 Å². The fraction of sp³-hybridized carbons (Fsp3) is 0.150. The highest BCUT2D eigenvalue weighted by molar-refractivity contribution is 7.99. The predicted octanol–water partition coefficient (Wildman–Crippen LogP) is 3.50. The van der Waals surface area contributed by atoms with Crippen molar-refractivity contribution in [3.05, 3.63) is 74.6 Å². The molecule has 12 heteroatoms. The van der Waals surface area contributed by atoms with Gasteiger partial charge in [-0.1, -0.05) is 59.2 Å². The molecule has 2 heterocycles. The van der Waals surface area contributed by atoms with E-state index in [-0.39, 0.29) is 22.2 Å². The lowest BCUT2D eigenvalue weighted by Gasteiger charge is -2.08. The van der Waals surface area contributed by atoms with Crippen LogP contribution in [0.1, 0.15) is 5.69 Å². The zero-order valence-corrected chi connectivity index (χ0v) is 19.3. The van der Waals surface area contributed by atoms with Crippen LogP contribution in [-0.4, -0.2) is 41.2 Å². The van der Waals surface area contributed by atoms with E-state index in [2.05, 4.69) is 20.8 Å². The van der Waals surface area contributed by atoms with Gasteiger partial charge in [0.2, 0.25) is 11.1 Å². The first kappa shape index (κ1) is 22.1. The van der Waals surface area contributed by atoms with E-state index >= 15 is 0 Å². The van der Waals surface area contributed by atoms with Crippen molar-refractivity contribution >= 4 is 46.6 Å². The normalized spacial score (nSPS) is 11.0. The SMILES string of the molecule is Cc1c(-n2nnnc2SCC(=O)Nc2cccc(Cl)c2Cl)c(=O)n(-c2ccccc2)n1C. The number of carbonyl (C=O) groups is 1. The number of rotatable bonds is 6. The second-order valence-corrected chi connectivity index (χ2v) is 8.45. The van der Waals surface area contributed by atoms with Gasteiger partial charge in [0.1, 0.15) is 0 Å². The molecular weight excluding hydrogens is 473 g/mol. The minimum atomic E-state index is -0.319. The molecule has 0 unspecified atom stereocenters. The number of nitrogens with zero attached hydrogens (tertiary/aromatic N) is 6. The van der Waals surface area contributed by atoms with Gasteiger partial charge in [0.05, 0.1) is 32.9 Å². The molecule has 164 valence electrons. The molecule has 0 radical (unpaired) electrons. The van der Waals surface area contributed by atoms with Crippen LogP contribution in [0.25, 0.3) is 11.4 Å². The van der Waals surface area contributed by atoms with Crippen molar-refractivity contribution in [2.45, 2.75) is 12.1 Å². The molecule has 4 rings (SSSR count). The molecule has 2 aromatic carbocycles. The van der Waals surface area contributed by atoms with Crippen molar-refractivity contribution in [2.75, 3.05) is 11.1 Å². The third kappa shape index (κ3) is 4.16. The van der Waals surface area contributed by atoms with Crippen molar-refractivity contribution in [3.63, 3.8) is 0 Å². The molecular formula is C20H17Cl2N7O2S. The van der Waals surface area contributed by atoms with Gasteiger partial charge in [-0.2, -0.15) is 4.68 Å². The lowest BCUT2D eigenvalue weighted by atomic mass is 10.3. The van der Waals surface area contributed by atoms with Crippen LogP contribution in [0.15, 0.2) is 58.5 Å². The Morgan fingerprint density at radius 1 is 1.12 bits per heavy atom. The van der Waals surface area contributed by atoms with Gasteiger partial charge >= 0.3 is 0 Å². The highest BCUT2D eigenvalue weighted by Crippen LogP contribution is 2.29. The summed E-state index contributed by atoms with van der Waals surface area (Å²) in [5, 5.41) is 15.3. The monoisotopic (exact) mass is 489 g/mol. The van der Waals surface area contributed by atoms with Gasteiger partial charge in [0, 0.05) is 7.05 Å². The van der Waals surface area contributed by atoms with E-state index in [4.69, 9.17) is 23.2 Å². The number of halogens is 2. The van der Waals surface area contributed by atoms with E-state index in [1.165, 1.54) is 9.36 Å². The molecule has 0 saturated heterocycles. The summed E-state index contributed by atoms with van der Waals surface area (Å²) in [5.74, 6) is -0.317. The Morgan fingerprint density at radius 3 is 2.62 bits per heavy atom. The summed E-state index contributed by atoms with van der Waals surface area (Å²) in [6, 6.07) is 14.2. The summed E-state index contributed by atoms with van der Waals surface area (Å²) in [4.78, 5) is 25.6. The highest BCUT2D eigenvalue weighted by atomic mass is 35.5. The van der Waals surface area contributed by atoms with Crippen LogP contribution < -0.4 is 10.9 Å². The van der Waals surface area contributed by atoms with E-state index < -0.39 is 0 Å². The first-order valence-corrected chi connectivity index (χ1v) is 11.1. The van der Waals surface area contributed by atoms with Crippen molar-refractivity contribution in [1.82, 2.24) is 29.6 Å². The highest BCUT2D eigenvalue weighted by Gasteiger charge is 2.22. The maximum absolute atomic E-state index is 13.2. The van der Waals surface area contributed by atoms with Gasteiger partial charge in [-0.3, -0.25) is 14.3 Å². The quantitative estimate of drug-likeness (QED) is 0.416. The number of benzene rings is 2. The number of anilines is 1. The molecule has 0 fully saturated rings. The molecule has 1 amide bonds. The molecule has 32 heavy (non-hydrogen) atoms. The number of tetrazole rings is 1. The molecule has 0 aliphatic heterocycles. The first-order chi connectivity index (χ1) is 15.4. The van der Waals surface area contributed by atoms with Crippen LogP contribution in [0.3, 0.4) is 0 Å². The topological polar surface area (TPSA) is 99.6 Å². The zero-order chi connectivity index (χ0) is 22.8. The minimum absolute atomic E-state index is 0.00196. The summed E-state index contributed by atoms with van der Waals surface area (Å²) >= 11 is 13.2. The Morgan fingerprint density at radius 2 is 1.88 bits per heavy atom. The molecule has 1 N–H and O–H groups in total. The molecule has 2 aromatic heterocycles. The largest absolute Gasteiger partial charge is 0.324 e. The Balaban J connectivity index is 1.58. The van der Waals surface area contributed by atoms with Crippen molar-refractivity contribution in [1.29, 1.82) is 0 Å². The van der Waals surface area contributed by atoms with Crippen molar-refractivity contribution in [2.24, 2.45) is 7.05 Å². The second kappa shape index (κ2) is 9.19. The average Bonchev–Trinajstić information content (AvgIpc) is 3.32. The number of nitrogens with one attached hydrogen (secondary N) is 1. The van der Waals surface area contributed by atoms with Gasteiger partial charge < -0.3 is 5.32 Å². The zero-order valence-electron chi connectivity index (χ0n) is 17.0. The molecule has 0 spiro atoms. The van der Waals surface area contributed by atoms with E-state index in [1.54, 1.807) is 36.9 Å². The van der Waals surface area contributed by atoms with Gasteiger partial charge in [-0.05, 0) is 41.6 Å². The Kier molecular flexibility index (Phi) is 6.35.